The summed E-state index contributed by atoms with van der Waals surface area (Å²) in [5.41, 5.74) is -0.687. The molecular weight excluding hydrogens is 276 g/mol. The minimum absolute atomic E-state index is 0.152. The van der Waals surface area contributed by atoms with Gasteiger partial charge in [0.2, 0.25) is 5.91 Å². The zero-order chi connectivity index (χ0) is 15.7. The number of carbonyl (C=O) groups is 1. The Kier molecular flexibility index (Phi) is 4.79. The fourth-order valence-corrected chi connectivity index (χ4v) is 4.61. The summed E-state index contributed by atoms with van der Waals surface area (Å²) in [6.07, 6.45) is 11.6. The lowest BCUT2D eigenvalue weighted by Crippen LogP contribution is -2.67. The Morgan fingerprint density at radius 3 is 1.95 bits per heavy atom. The first-order valence-corrected chi connectivity index (χ1v) is 9.26. The van der Waals surface area contributed by atoms with Crippen molar-refractivity contribution in [3.05, 3.63) is 0 Å². The van der Waals surface area contributed by atoms with Crippen molar-refractivity contribution >= 4 is 5.91 Å². The molecule has 22 heavy (non-hydrogen) atoms. The SMILES string of the molecule is CC1(C)C(=O)N(C2CCCCC2)CN(C2CCCCC2)C1O. The summed E-state index contributed by atoms with van der Waals surface area (Å²) in [6, 6.07) is 0.835. The Hall–Kier alpha value is -0.610. The Morgan fingerprint density at radius 2 is 1.41 bits per heavy atom. The van der Waals surface area contributed by atoms with Gasteiger partial charge in [-0.1, -0.05) is 38.5 Å². The molecule has 0 aromatic rings. The largest absolute Gasteiger partial charge is 0.377 e. The summed E-state index contributed by atoms with van der Waals surface area (Å²) in [6.45, 7) is 4.48. The van der Waals surface area contributed by atoms with E-state index in [0.29, 0.717) is 18.8 Å². The third-order valence-electron chi connectivity index (χ3n) is 6.15. The molecule has 0 bridgehead atoms. The number of aliphatic hydroxyl groups is 1. The van der Waals surface area contributed by atoms with Crippen molar-refractivity contribution < 1.29 is 9.90 Å². The van der Waals surface area contributed by atoms with E-state index in [1.54, 1.807) is 0 Å². The predicted molar refractivity (Wildman–Crippen MR) is 87.1 cm³/mol. The fraction of sp³-hybridized carbons (Fsp3) is 0.944. The molecular formula is C18H32N2O2. The van der Waals surface area contributed by atoms with Crippen molar-refractivity contribution in [3.8, 4) is 0 Å². The van der Waals surface area contributed by atoms with Crippen LogP contribution in [-0.2, 0) is 4.79 Å². The molecule has 1 aliphatic heterocycles. The van der Waals surface area contributed by atoms with E-state index in [-0.39, 0.29) is 5.91 Å². The number of carbonyl (C=O) groups excluding carboxylic acids is 1. The second-order valence-corrected chi connectivity index (χ2v) is 8.11. The highest BCUT2D eigenvalue weighted by Gasteiger charge is 2.50. The first kappa shape index (κ1) is 16.3. The number of hydrogen-bond donors (Lipinski definition) is 1. The molecule has 1 N–H and O–H groups in total. The molecule has 0 spiro atoms. The molecule has 2 saturated carbocycles. The van der Waals surface area contributed by atoms with Gasteiger partial charge in [0.25, 0.3) is 0 Å². The fourth-order valence-electron chi connectivity index (χ4n) is 4.61. The maximum absolute atomic E-state index is 12.9. The van der Waals surface area contributed by atoms with E-state index in [1.165, 1.54) is 51.4 Å². The van der Waals surface area contributed by atoms with Crippen LogP contribution in [0.5, 0.6) is 0 Å². The van der Waals surface area contributed by atoms with Crippen LogP contribution < -0.4 is 0 Å². The van der Waals surface area contributed by atoms with Crippen LogP contribution in [0, 0.1) is 5.41 Å². The van der Waals surface area contributed by atoms with Crippen molar-refractivity contribution in [2.45, 2.75) is 96.4 Å². The van der Waals surface area contributed by atoms with Crippen molar-refractivity contribution in [1.82, 2.24) is 9.80 Å². The van der Waals surface area contributed by atoms with Crippen molar-refractivity contribution in [2.75, 3.05) is 6.67 Å². The molecule has 1 saturated heterocycles. The van der Waals surface area contributed by atoms with E-state index in [2.05, 4.69) is 9.80 Å². The van der Waals surface area contributed by atoms with E-state index in [1.807, 2.05) is 13.8 Å². The third kappa shape index (κ3) is 2.92. The lowest BCUT2D eigenvalue weighted by molar-refractivity contribution is -0.195. The van der Waals surface area contributed by atoms with Crippen LogP contribution in [-0.4, -0.2) is 45.8 Å². The van der Waals surface area contributed by atoms with E-state index in [4.69, 9.17) is 0 Å². The third-order valence-corrected chi connectivity index (χ3v) is 6.15. The molecule has 3 rings (SSSR count). The normalized spacial score (nSPS) is 32.4. The Morgan fingerprint density at radius 1 is 0.909 bits per heavy atom. The Bertz CT molecular complexity index is 398. The number of nitrogens with zero attached hydrogens (tertiary/aromatic N) is 2. The standard InChI is InChI=1S/C18H32N2O2/c1-18(2)16(21)19(14-9-5-3-6-10-14)13-20(17(18)22)15-11-7-4-8-12-15/h14-16,21H,3-13H2,1-2H3. The van der Waals surface area contributed by atoms with E-state index < -0.39 is 11.6 Å². The summed E-state index contributed by atoms with van der Waals surface area (Å²) in [4.78, 5) is 17.3. The molecule has 3 aliphatic rings. The first-order chi connectivity index (χ1) is 10.5. The van der Waals surface area contributed by atoms with Gasteiger partial charge in [0.05, 0.1) is 12.1 Å². The zero-order valence-corrected chi connectivity index (χ0v) is 14.3. The number of rotatable bonds is 2. The van der Waals surface area contributed by atoms with E-state index in [9.17, 15) is 9.90 Å². The maximum Gasteiger partial charge on any atom is 0.233 e. The van der Waals surface area contributed by atoms with E-state index >= 15 is 0 Å². The average molecular weight is 308 g/mol. The van der Waals surface area contributed by atoms with Crippen molar-refractivity contribution in [2.24, 2.45) is 5.41 Å². The van der Waals surface area contributed by atoms with Crippen LogP contribution in [0.3, 0.4) is 0 Å². The maximum atomic E-state index is 12.9. The minimum atomic E-state index is -0.687. The summed E-state index contributed by atoms with van der Waals surface area (Å²) in [5, 5.41) is 10.8. The lowest BCUT2D eigenvalue weighted by Gasteiger charge is -2.53. The minimum Gasteiger partial charge on any atom is -0.377 e. The molecule has 1 unspecified atom stereocenters. The number of amides is 1. The molecule has 4 nitrogen and oxygen atoms in total. The summed E-state index contributed by atoms with van der Waals surface area (Å²) >= 11 is 0. The molecule has 4 heteroatoms. The van der Waals surface area contributed by atoms with Gasteiger partial charge >= 0.3 is 0 Å². The monoisotopic (exact) mass is 308 g/mol. The molecule has 3 fully saturated rings. The van der Waals surface area contributed by atoms with Crippen LogP contribution >= 0.6 is 0 Å². The molecule has 1 heterocycles. The van der Waals surface area contributed by atoms with Crippen LogP contribution in [0.1, 0.15) is 78.1 Å². The van der Waals surface area contributed by atoms with Crippen LogP contribution in [0.25, 0.3) is 0 Å². The van der Waals surface area contributed by atoms with Crippen LogP contribution in [0.4, 0.5) is 0 Å². The van der Waals surface area contributed by atoms with Gasteiger partial charge in [0.15, 0.2) is 0 Å². The van der Waals surface area contributed by atoms with Gasteiger partial charge in [0, 0.05) is 12.1 Å². The molecule has 0 aromatic carbocycles. The zero-order valence-electron chi connectivity index (χ0n) is 14.3. The lowest BCUT2D eigenvalue weighted by atomic mass is 9.82. The number of hydrogen-bond acceptors (Lipinski definition) is 3. The van der Waals surface area contributed by atoms with Gasteiger partial charge in [-0.3, -0.25) is 9.69 Å². The number of aliphatic hydroxyl groups excluding tert-OH is 1. The predicted octanol–water partition coefficient (Wildman–Crippen LogP) is 3.10. The highest BCUT2D eigenvalue weighted by molar-refractivity contribution is 5.83. The van der Waals surface area contributed by atoms with Crippen molar-refractivity contribution in [1.29, 1.82) is 0 Å². The molecule has 0 radical (unpaired) electrons. The first-order valence-electron chi connectivity index (χ1n) is 9.26. The summed E-state index contributed by atoms with van der Waals surface area (Å²) < 4.78 is 0. The highest BCUT2D eigenvalue weighted by Crippen LogP contribution is 2.38. The van der Waals surface area contributed by atoms with Gasteiger partial charge in [-0.25, -0.2) is 0 Å². The Labute approximate surface area is 134 Å². The van der Waals surface area contributed by atoms with E-state index in [0.717, 1.165) is 12.8 Å². The molecule has 1 amide bonds. The van der Waals surface area contributed by atoms with Gasteiger partial charge in [-0.15, -0.1) is 0 Å². The summed E-state index contributed by atoms with van der Waals surface area (Å²) in [7, 11) is 0. The average Bonchev–Trinajstić information content (AvgIpc) is 2.55. The molecule has 126 valence electrons. The van der Waals surface area contributed by atoms with Crippen LogP contribution in [0.2, 0.25) is 0 Å². The second kappa shape index (κ2) is 6.48. The highest BCUT2D eigenvalue weighted by atomic mass is 16.3. The molecule has 2 aliphatic carbocycles. The van der Waals surface area contributed by atoms with Gasteiger partial charge in [-0.2, -0.15) is 0 Å². The quantitative estimate of drug-likeness (QED) is 0.852. The topological polar surface area (TPSA) is 43.8 Å². The van der Waals surface area contributed by atoms with Gasteiger partial charge in [-0.05, 0) is 39.5 Å². The van der Waals surface area contributed by atoms with Gasteiger partial charge < -0.3 is 10.0 Å². The Balaban J connectivity index is 1.79. The summed E-state index contributed by atoms with van der Waals surface area (Å²) in [5.74, 6) is 0.152. The van der Waals surface area contributed by atoms with Crippen LogP contribution in [0.15, 0.2) is 0 Å². The molecule has 1 atom stereocenters. The smallest absolute Gasteiger partial charge is 0.233 e. The molecule has 0 aromatic heterocycles. The van der Waals surface area contributed by atoms with Gasteiger partial charge in [0.1, 0.15) is 6.23 Å². The second-order valence-electron chi connectivity index (χ2n) is 8.11. The van der Waals surface area contributed by atoms with Crippen molar-refractivity contribution in [3.63, 3.8) is 0 Å².